The molecule has 0 spiro atoms. The van der Waals surface area contributed by atoms with Crippen LogP contribution < -0.4 is 5.73 Å². The molecule has 0 aromatic rings. The minimum absolute atomic E-state index is 0.416. The van der Waals surface area contributed by atoms with Gasteiger partial charge in [0.25, 0.3) is 0 Å². The van der Waals surface area contributed by atoms with Crippen molar-refractivity contribution in [3.63, 3.8) is 0 Å². The van der Waals surface area contributed by atoms with Crippen LogP contribution in [0.2, 0.25) is 0 Å². The molecule has 0 saturated heterocycles. The average molecular weight is 213 g/mol. The first kappa shape index (κ1) is 12.5. The van der Waals surface area contributed by atoms with Crippen molar-refractivity contribution in [1.82, 2.24) is 0 Å². The zero-order chi connectivity index (χ0) is 11.5. The molecule has 1 fully saturated rings. The van der Waals surface area contributed by atoms with Gasteiger partial charge in [-0.1, -0.05) is 32.6 Å². The summed E-state index contributed by atoms with van der Waals surface area (Å²) in [6.07, 6.45) is 7.04. The van der Waals surface area contributed by atoms with E-state index in [0.717, 1.165) is 12.3 Å². The van der Waals surface area contributed by atoms with Crippen LogP contribution >= 0.6 is 0 Å². The summed E-state index contributed by atoms with van der Waals surface area (Å²) in [5.74, 6) is 0.338. The van der Waals surface area contributed by atoms with Crippen LogP contribution in [0.4, 0.5) is 0 Å². The fourth-order valence-corrected chi connectivity index (χ4v) is 2.71. The van der Waals surface area contributed by atoms with Crippen molar-refractivity contribution < 1.29 is 9.90 Å². The highest BCUT2D eigenvalue weighted by atomic mass is 16.4. The van der Waals surface area contributed by atoms with E-state index < -0.39 is 11.5 Å². The number of carboxylic acids is 1. The third kappa shape index (κ3) is 3.82. The summed E-state index contributed by atoms with van der Waals surface area (Å²) in [5, 5.41) is 8.93. The van der Waals surface area contributed by atoms with Crippen LogP contribution in [0.1, 0.15) is 52.4 Å². The van der Waals surface area contributed by atoms with Crippen LogP contribution in [0.25, 0.3) is 0 Å². The maximum absolute atomic E-state index is 10.9. The van der Waals surface area contributed by atoms with Crippen molar-refractivity contribution in [2.24, 2.45) is 17.6 Å². The van der Waals surface area contributed by atoms with E-state index in [9.17, 15) is 4.79 Å². The SMILES string of the molecule is C[C@@H](CC1CCCC1)C[C@@](C)(N)C(=O)O. The molecule has 1 aliphatic carbocycles. The van der Waals surface area contributed by atoms with Gasteiger partial charge in [0.2, 0.25) is 0 Å². The molecule has 3 nitrogen and oxygen atoms in total. The molecule has 3 heteroatoms. The number of rotatable bonds is 5. The molecule has 3 N–H and O–H groups in total. The number of nitrogens with two attached hydrogens (primary N) is 1. The van der Waals surface area contributed by atoms with Gasteiger partial charge in [0.15, 0.2) is 0 Å². The van der Waals surface area contributed by atoms with E-state index in [1.807, 2.05) is 0 Å². The van der Waals surface area contributed by atoms with Gasteiger partial charge < -0.3 is 10.8 Å². The monoisotopic (exact) mass is 213 g/mol. The summed E-state index contributed by atoms with van der Waals surface area (Å²) in [4.78, 5) is 10.9. The lowest BCUT2D eigenvalue weighted by molar-refractivity contribution is -0.143. The molecule has 1 aliphatic rings. The lowest BCUT2D eigenvalue weighted by Crippen LogP contribution is -2.46. The Labute approximate surface area is 92.0 Å². The third-order valence-corrected chi connectivity index (χ3v) is 3.47. The molecule has 0 amide bonds. The Morgan fingerprint density at radius 2 is 2.07 bits per heavy atom. The van der Waals surface area contributed by atoms with E-state index in [2.05, 4.69) is 6.92 Å². The van der Waals surface area contributed by atoms with Crippen LogP contribution in [0, 0.1) is 11.8 Å². The number of carboxylic acid groups (broad SMARTS) is 1. The predicted octanol–water partition coefficient (Wildman–Crippen LogP) is 2.39. The molecule has 2 atom stereocenters. The summed E-state index contributed by atoms with van der Waals surface area (Å²) in [7, 11) is 0. The van der Waals surface area contributed by atoms with Crippen LogP contribution in [0.5, 0.6) is 0 Å². The van der Waals surface area contributed by atoms with Gasteiger partial charge in [0.1, 0.15) is 5.54 Å². The fraction of sp³-hybridized carbons (Fsp3) is 0.917. The molecule has 0 bridgehead atoms. The zero-order valence-electron chi connectivity index (χ0n) is 9.83. The average Bonchev–Trinajstić information content (AvgIpc) is 2.54. The Morgan fingerprint density at radius 1 is 1.53 bits per heavy atom. The number of aliphatic carboxylic acids is 1. The van der Waals surface area contributed by atoms with Gasteiger partial charge in [0.05, 0.1) is 0 Å². The zero-order valence-corrected chi connectivity index (χ0v) is 9.83. The molecule has 0 radical (unpaired) electrons. The molecule has 0 unspecified atom stereocenters. The molecular formula is C12H23NO2. The standard InChI is InChI=1S/C12H23NO2/c1-9(7-10-5-3-4-6-10)8-12(2,13)11(14)15/h9-10H,3-8,13H2,1-2H3,(H,14,15)/t9-,12+/m0/s1. The normalized spacial score (nSPS) is 23.7. The van der Waals surface area contributed by atoms with Crippen molar-refractivity contribution in [1.29, 1.82) is 0 Å². The maximum atomic E-state index is 10.9. The Kier molecular flexibility index (Phi) is 4.14. The highest BCUT2D eigenvalue weighted by Gasteiger charge is 2.30. The fourth-order valence-electron chi connectivity index (χ4n) is 2.71. The minimum Gasteiger partial charge on any atom is -0.480 e. The second-order valence-corrected chi connectivity index (χ2v) is 5.42. The first-order valence-corrected chi connectivity index (χ1v) is 5.94. The molecule has 0 aromatic heterocycles. The van der Waals surface area contributed by atoms with Gasteiger partial charge in [-0.15, -0.1) is 0 Å². The van der Waals surface area contributed by atoms with Gasteiger partial charge in [-0.25, -0.2) is 0 Å². The van der Waals surface area contributed by atoms with Crippen LogP contribution in [-0.2, 0) is 4.79 Å². The molecule has 0 aliphatic heterocycles. The molecule has 15 heavy (non-hydrogen) atoms. The van der Waals surface area contributed by atoms with Gasteiger partial charge in [-0.3, -0.25) is 4.79 Å². The largest absolute Gasteiger partial charge is 0.480 e. The van der Waals surface area contributed by atoms with Crippen LogP contribution in [-0.4, -0.2) is 16.6 Å². The van der Waals surface area contributed by atoms with E-state index in [0.29, 0.717) is 12.3 Å². The minimum atomic E-state index is -1.06. The van der Waals surface area contributed by atoms with Crippen LogP contribution in [0.3, 0.4) is 0 Å². The lowest BCUT2D eigenvalue weighted by atomic mass is 9.85. The summed E-state index contributed by atoms with van der Waals surface area (Å²) in [5.41, 5.74) is 4.68. The summed E-state index contributed by atoms with van der Waals surface area (Å²) >= 11 is 0. The van der Waals surface area contributed by atoms with E-state index in [-0.39, 0.29) is 0 Å². The Hall–Kier alpha value is -0.570. The summed E-state index contributed by atoms with van der Waals surface area (Å²) in [6, 6.07) is 0. The molecule has 88 valence electrons. The number of hydrogen-bond acceptors (Lipinski definition) is 2. The van der Waals surface area contributed by atoms with Gasteiger partial charge in [-0.2, -0.15) is 0 Å². The molecule has 0 heterocycles. The van der Waals surface area contributed by atoms with Crippen molar-refractivity contribution in [2.75, 3.05) is 0 Å². The van der Waals surface area contributed by atoms with Crippen molar-refractivity contribution >= 4 is 5.97 Å². The van der Waals surface area contributed by atoms with E-state index in [4.69, 9.17) is 10.8 Å². The second kappa shape index (κ2) is 4.97. The molecule has 1 saturated carbocycles. The first-order valence-electron chi connectivity index (χ1n) is 5.94. The van der Waals surface area contributed by atoms with E-state index in [1.165, 1.54) is 25.7 Å². The Bertz CT molecular complexity index is 220. The Morgan fingerprint density at radius 3 is 2.53 bits per heavy atom. The molecule has 1 rings (SSSR count). The van der Waals surface area contributed by atoms with E-state index in [1.54, 1.807) is 6.92 Å². The summed E-state index contributed by atoms with van der Waals surface area (Å²) < 4.78 is 0. The molecular weight excluding hydrogens is 190 g/mol. The second-order valence-electron chi connectivity index (χ2n) is 5.42. The van der Waals surface area contributed by atoms with Gasteiger partial charge >= 0.3 is 5.97 Å². The number of carbonyl (C=O) groups is 1. The topological polar surface area (TPSA) is 63.3 Å². The van der Waals surface area contributed by atoms with Gasteiger partial charge in [-0.05, 0) is 31.6 Å². The maximum Gasteiger partial charge on any atom is 0.323 e. The third-order valence-electron chi connectivity index (χ3n) is 3.47. The lowest BCUT2D eigenvalue weighted by Gasteiger charge is -2.25. The van der Waals surface area contributed by atoms with E-state index >= 15 is 0 Å². The van der Waals surface area contributed by atoms with Crippen molar-refractivity contribution in [2.45, 2.75) is 57.9 Å². The molecule has 0 aromatic carbocycles. The van der Waals surface area contributed by atoms with Gasteiger partial charge in [0, 0.05) is 0 Å². The smallest absolute Gasteiger partial charge is 0.323 e. The first-order chi connectivity index (χ1) is 6.92. The summed E-state index contributed by atoms with van der Waals surface area (Å²) in [6.45, 7) is 3.73. The Balaban J connectivity index is 2.34. The van der Waals surface area contributed by atoms with Crippen molar-refractivity contribution in [3.05, 3.63) is 0 Å². The number of hydrogen-bond donors (Lipinski definition) is 2. The quantitative estimate of drug-likeness (QED) is 0.737. The highest BCUT2D eigenvalue weighted by Crippen LogP contribution is 2.32. The highest BCUT2D eigenvalue weighted by molar-refractivity contribution is 5.77. The van der Waals surface area contributed by atoms with Crippen molar-refractivity contribution in [3.8, 4) is 0 Å². The predicted molar refractivity (Wildman–Crippen MR) is 60.6 cm³/mol. The van der Waals surface area contributed by atoms with Crippen LogP contribution in [0.15, 0.2) is 0 Å².